The number of carbonyl (C=O) groups excluding carboxylic acids is 1. The van der Waals surface area contributed by atoms with Gasteiger partial charge in [0.15, 0.2) is 5.78 Å². The fourth-order valence-corrected chi connectivity index (χ4v) is 2.15. The molecular weight excluding hydrogens is 256 g/mol. The van der Waals surface area contributed by atoms with Crippen LogP contribution < -0.4 is 4.74 Å². The topological polar surface area (TPSA) is 26.3 Å². The molecule has 94 valence electrons. The van der Waals surface area contributed by atoms with Gasteiger partial charge in [-0.1, -0.05) is 32.4 Å². The Bertz CT molecular complexity index is 410. The zero-order valence-electron chi connectivity index (χ0n) is 10.5. The lowest BCUT2D eigenvalue weighted by Crippen LogP contribution is -2.13. The van der Waals surface area contributed by atoms with E-state index in [2.05, 4.69) is 20.8 Å². The summed E-state index contributed by atoms with van der Waals surface area (Å²) in [6, 6.07) is 5.09. The number of benzene rings is 1. The van der Waals surface area contributed by atoms with Gasteiger partial charge in [0.1, 0.15) is 5.75 Å². The Kier molecular flexibility index (Phi) is 4.90. The van der Waals surface area contributed by atoms with Gasteiger partial charge in [-0.3, -0.25) is 4.79 Å². The third-order valence-corrected chi connectivity index (χ3v) is 3.61. The Morgan fingerprint density at radius 1 is 1.41 bits per heavy atom. The van der Waals surface area contributed by atoms with E-state index in [-0.39, 0.29) is 10.5 Å². The number of hydrogen-bond acceptors (Lipinski definition) is 3. The summed E-state index contributed by atoms with van der Waals surface area (Å²) in [6.45, 7) is 6.25. The second-order valence-corrected chi connectivity index (χ2v) is 6.91. The Morgan fingerprint density at radius 3 is 2.59 bits per heavy atom. The molecule has 0 bridgehead atoms. The van der Waals surface area contributed by atoms with Gasteiger partial charge >= 0.3 is 0 Å². The summed E-state index contributed by atoms with van der Waals surface area (Å²) in [5.41, 5.74) is 0.553. The minimum atomic E-state index is 0.0456. The number of thioether (sulfide) groups is 1. The molecule has 0 radical (unpaired) electrons. The van der Waals surface area contributed by atoms with Gasteiger partial charge in [0.2, 0.25) is 0 Å². The summed E-state index contributed by atoms with van der Waals surface area (Å²) >= 11 is 7.51. The van der Waals surface area contributed by atoms with Crippen LogP contribution in [0, 0.1) is 0 Å². The monoisotopic (exact) mass is 272 g/mol. The third-order valence-electron chi connectivity index (χ3n) is 2.10. The van der Waals surface area contributed by atoms with Gasteiger partial charge in [0.25, 0.3) is 0 Å². The minimum absolute atomic E-state index is 0.0456. The zero-order valence-corrected chi connectivity index (χ0v) is 12.1. The van der Waals surface area contributed by atoms with Crippen molar-refractivity contribution in [2.75, 3.05) is 12.9 Å². The van der Waals surface area contributed by atoms with E-state index in [0.717, 1.165) is 0 Å². The number of halogens is 1. The number of carbonyl (C=O) groups is 1. The molecule has 0 saturated heterocycles. The van der Waals surface area contributed by atoms with Crippen LogP contribution in [0.5, 0.6) is 5.75 Å². The van der Waals surface area contributed by atoms with Crippen LogP contribution in [-0.2, 0) is 0 Å². The number of ether oxygens (including phenoxy) is 1. The predicted molar refractivity (Wildman–Crippen MR) is 74.5 cm³/mol. The van der Waals surface area contributed by atoms with Crippen LogP contribution in [0.2, 0.25) is 5.02 Å². The smallest absolute Gasteiger partial charge is 0.176 e. The van der Waals surface area contributed by atoms with Crippen molar-refractivity contribution in [3.63, 3.8) is 0 Å². The maximum atomic E-state index is 12.1. The Hall–Kier alpha value is -0.670. The second-order valence-electron chi connectivity index (χ2n) is 4.67. The molecule has 0 atom stereocenters. The molecular formula is C13H17ClO2S. The van der Waals surface area contributed by atoms with Crippen LogP contribution >= 0.6 is 23.4 Å². The van der Waals surface area contributed by atoms with E-state index in [1.807, 2.05) is 0 Å². The van der Waals surface area contributed by atoms with E-state index >= 15 is 0 Å². The Morgan fingerprint density at radius 2 is 2.06 bits per heavy atom. The number of methoxy groups -OCH3 is 1. The minimum Gasteiger partial charge on any atom is -0.496 e. The molecule has 1 aromatic carbocycles. The van der Waals surface area contributed by atoms with Crippen molar-refractivity contribution < 1.29 is 9.53 Å². The Balaban J connectivity index is 2.84. The summed E-state index contributed by atoms with van der Waals surface area (Å²) < 4.78 is 5.24. The molecule has 0 saturated carbocycles. The maximum absolute atomic E-state index is 12.1. The van der Waals surface area contributed by atoms with Gasteiger partial charge in [-0.25, -0.2) is 0 Å². The molecule has 0 aliphatic carbocycles. The van der Waals surface area contributed by atoms with Gasteiger partial charge in [0, 0.05) is 9.77 Å². The van der Waals surface area contributed by atoms with E-state index in [9.17, 15) is 4.79 Å². The van der Waals surface area contributed by atoms with Crippen molar-refractivity contribution in [1.82, 2.24) is 0 Å². The zero-order chi connectivity index (χ0) is 13.1. The number of hydrogen-bond donors (Lipinski definition) is 0. The summed E-state index contributed by atoms with van der Waals surface area (Å²) in [5, 5.41) is 0.551. The molecule has 0 amide bonds. The first-order chi connectivity index (χ1) is 7.83. The highest BCUT2D eigenvalue weighted by Gasteiger charge is 2.17. The van der Waals surface area contributed by atoms with Gasteiger partial charge in [-0.05, 0) is 18.2 Å². The summed E-state index contributed by atoms with van der Waals surface area (Å²) in [5.74, 6) is 1.05. The van der Waals surface area contributed by atoms with Crippen LogP contribution in [0.25, 0.3) is 0 Å². The molecule has 2 nitrogen and oxygen atoms in total. The van der Waals surface area contributed by atoms with Gasteiger partial charge in [-0.15, -0.1) is 11.8 Å². The van der Waals surface area contributed by atoms with Crippen LogP contribution in [-0.4, -0.2) is 23.4 Å². The van der Waals surface area contributed by atoms with E-state index in [1.165, 1.54) is 0 Å². The first-order valence-electron chi connectivity index (χ1n) is 5.34. The van der Waals surface area contributed by atoms with E-state index in [4.69, 9.17) is 16.3 Å². The molecule has 0 fully saturated rings. The van der Waals surface area contributed by atoms with E-state index < -0.39 is 0 Å². The molecule has 0 aliphatic heterocycles. The number of rotatable bonds is 4. The van der Waals surface area contributed by atoms with Gasteiger partial charge < -0.3 is 4.74 Å². The van der Waals surface area contributed by atoms with E-state index in [1.54, 1.807) is 37.1 Å². The van der Waals surface area contributed by atoms with Crippen molar-refractivity contribution in [3.8, 4) is 5.75 Å². The molecule has 4 heteroatoms. The van der Waals surface area contributed by atoms with Crippen LogP contribution in [0.4, 0.5) is 0 Å². The lowest BCUT2D eigenvalue weighted by Gasteiger charge is -2.17. The summed E-state index contributed by atoms with van der Waals surface area (Å²) in [4.78, 5) is 12.1. The molecule has 0 unspecified atom stereocenters. The summed E-state index contributed by atoms with van der Waals surface area (Å²) in [6.07, 6.45) is 0. The average molecular weight is 273 g/mol. The normalized spacial score (nSPS) is 11.4. The van der Waals surface area contributed by atoms with Crippen molar-refractivity contribution in [1.29, 1.82) is 0 Å². The predicted octanol–water partition coefficient (Wildman–Crippen LogP) is 4.06. The van der Waals surface area contributed by atoms with Crippen LogP contribution in [0.3, 0.4) is 0 Å². The molecule has 1 rings (SSSR count). The highest BCUT2D eigenvalue weighted by molar-refractivity contribution is 8.01. The average Bonchev–Trinajstić information content (AvgIpc) is 2.25. The largest absolute Gasteiger partial charge is 0.496 e. The highest BCUT2D eigenvalue weighted by atomic mass is 35.5. The molecule has 0 spiro atoms. The van der Waals surface area contributed by atoms with Crippen LogP contribution in [0.15, 0.2) is 18.2 Å². The van der Waals surface area contributed by atoms with Crippen molar-refractivity contribution in [2.24, 2.45) is 0 Å². The van der Waals surface area contributed by atoms with Crippen molar-refractivity contribution >= 4 is 29.1 Å². The maximum Gasteiger partial charge on any atom is 0.176 e. The second kappa shape index (κ2) is 5.78. The van der Waals surface area contributed by atoms with Gasteiger partial charge in [-0.2, -0.15) is 0 Å². The first kappa shape index (κ1) is 14.4. The highest BCUT2D eigenvalue weighted by Crippen LogP contribution is 2.28. The lowest BCUT2D eigenvalue weighted by molar-refractivity contribution is 0.101. The molecule has 0 heterocycles. The first-order valence-corrected chi connectivity index (χ1v) is 6.70. The molecule has 1 aromatic rings. The standard InChI is InChI=1S/C13H17ClO2S/c1-13(2,3)17-8-11(15)10-7-9(14)5-6-12(10)16-4/h5-7H,8H2,1-4H3. The fraction of sp³-hybridized carbons (Fsp3) is 0.462. The van der Waals surface area contributed by atoms with Crippen LogP contribution in [0.1, 0.15) is 31.1 Å². The summed E-state index contributed by atoms with van der Waals surface area (Å²) in [7, 11) is 1.55. The SMILES string of the molecule is COc1ccc(Cl)cc1C(=O)CSC(C)(C)C. The van der Waals surface area contributed by atoms with E-state index in [0.29, 0.717) is 22.1 Å². The molecule has 17 heavy (non-hydrogen) atoms. The third kappa shape index (κ3) is 4.60. The molecule has 0 aliphatic rings. The fourth-order valence-electron chi connectivity index (χ4n) is 1.26. The Labute approximate surface area is 112 Å². The number of Topliss-reactive ketones (excluding diaryl/α,β-unsaturated/α-hetero) is 1. The van der Waals surface area contributed by atoms with Crippen molar-refractivity contribution in [3.05, 3.63) is 28.8 Å². The van der Waals surface area contributed by atoms with Crippen molar-refractivity contribution in [2.45, 2.75) is 25.5 Å². The molecule has 0 N–H and O–H groups in total. The molecule has 0 aromatic heterocycles. The number of ketones is 1. The lowest BCUT2D eigenvalue weighted by atomic mass is 10.1. The quantitative estimate of drug-likeness (QED) is 0.773. The van der Waals surface area contributed by atoms with Gasteiger partial charge in [0.05, 0.1) is 18.4 Å².